The van der Waals surface area contributed by atoms with Crippen molar-refractivity contribution in [3.63, 3.8) is 0 Å². The predicted octanol–water partition coefficient (Wildman–Crippen LogP) is 0.309. The van der Waals surface area contributed by atoms with Gasteiger partial charge in [-0.05, 0) is 33.2 Å². The van der Waals surface area contributed by atoms with Crippen LogP contribution in [0.25, 0.3) is 0 Å². The standard InChI is InChI=1S/C12H20N2O3/c1-11(3-5-13-7-11)9(15)14-6-4-12(2,8-14)10(16)17/h13H,3-8H2,1-2H3,(H,16,17). The number of carboxylic acids is 1. The van der Waals surface area contributed by atoms with Crippen LogP contribution in [0.1, 0.15) is 26.7 Å². The largest absolute Gasteiger partial charge is 0.481 e. The number of carbonyl (C=O) groups is 2. The van der Waals surface area contributed by atoms with Gasteiger partial charge < -0.3 is 15.3 Å². The molecule has 17 heavy (non-hydrogen) atoms. The van der Waals surface area contributed by atoms with Gasteiger partial charge in [0.15, 0.2) is 0 Å². The summed E-state index contributed by atoms with van der Waals surface area (Å²) >= 11 is 0. The molecule has 96 valence electrons. The van der Waals surface area contributed by atoms with Crippen LogP contribution in [-0.2, 0) is 9.59 Å². The molecule has 2 atom stereocenters. The highest BCUT2D eigenvalue weighted by atomic mass is 16.4. The Morgan fingerprint density at radius 3 is 2.41 bits per heavy atom. The van der Waals surface area contributed by atoms with Gasteiger partial charge in [0.25, 0.3) is 0 Å². The summed E-state index contributed by atoms with van der Waals surface area (Å²) in [6, 6.07) is 0. The number of likely N-dealkylation sites (tertiary alicyclic amines) is 1. The van der Waals surface area contributed by atoms with E-state index in [9.17, 15) is 9.59 Å². The number of hydrogen-bond donors (Lipinski definition) is 2. The van der Waals surface area contributed by atoms with Crippen LogP contribution in [0.5, 0.6) is 0 Å². The second-order valence-electron chi connectivity index (χ2n) is 5.83. The van der Waals surface area contributed by atoms with E-state index in [-0.39, 0.29) is 11.3 Å². The monoisotopic (exact) mass is 240 g/mol. The third kappa shape index (κ3) is 2.04. The van der Waals surface area contributed by atoms with Crippen LogP contribution in [0.2, 0.25) is 0 Å². The zero-order valence-electron chi connectivity index (χ0n) is 10.5. The average molecular weight is 240 g/mol. The van der Waals surface area contributed by atoms with E-state index in [1.165, 1.54) is 0 Å². The van der Waals surface area contributed by atoms with Crippen molar-refractivity contribution in [3.05, 3.63) is 0 Å². The molecule has 2 heterocycles. The Morgan fingerprint density at radius 2 is 1.94 bits per heavy atom. The lowest BCUT2D eigenvalue weighted by molar-refractivity contribution is -0.148. The number of carboxylic acid groups (broad SMARTS) is 1. The van der Waals surface area contributed by atoms with Crippen LogP contribution in [0.3, 0.4) is 0 Å². The molecule has 2 unspecified atom stereocenters. The normalized spacial score (nSPS) is 37.4. The molecule has 1 amide bonds. The number of aliphatic carboxylic acids is 1. The molecule has 5 heteroatoms. The maximum Gasteiger partial charge on any atom is 0.311 e. The Labute approximate surface area is 101 Å². The van der Waals surface area contributed by atoms with Crippen LogP contribution < -0.4 is 5.32 Å². The number of nitrogens with one attached hydrogen (secondary N) is 1. The van der Waals surface area contributed by atoms with E-state index < -0.39 is 11.4 Å². The molecule has 5 nitrogen and oxygen atoms in total. The number of amides is 1. The molecule has 0 bridgehead atoms. The van der Waals surface area contributed by atoms with Gasteiger partial charge in [-0.1, -0.05) is 0 Å². The molecule has 2 aliphatic rings. The topological polar surface area (TPSA) is 69.6 Å². The lowest BCUT2D eigenvalue weighted by Gasteiger charge is -2.29. The van der Waals surface area contributed by atoms with Crippen molar-refractivity contribution < 1.29 is 14.7 Å². The van der Waals surface area contributed by atoms with Gasteiger partial charge in [0, 0.05) is 19.6 Å². The number of rotatable bonds is 2. The van der Waals surface area contributed by atoms with Crippen molar-refractivity contribution in [1.29, 1.82) is 0 Å². The van der Waals surface area contributed by atoms with E-state index in [4.69, 9.17) is 5.11 Å². The maximum absolute atomic E-state index is 12.4. The summed E-state index contributed by atoms with van der Waals surface area (Å²) in [4.78, 5) is 25.2. The fourth-order valence-electron chi connectivity index (χ4n) is 2.69. The van der Waals surface area contributed by atoms with Crippen molar-refractivity contribution in [2.75, 3.05) is 26.2 Å². The first kappa shape index (κ1) is 12.4. The van der Waals surface area contributed by atoms with E-state index in [2.05, 4.69) is 5.32 Å². The molecule has 0 radical (unpaired) electrons. The molecule has 0 aromatic carbocycles. The zero-order valence-corrected chi connectivity index (χ0v) is 10.5. The van der Waals surface area contributed by atoms with Gasteiger partial charge in [-0.25, -0.2) is 0 Å². The summed E-state index contributed by atoms with van der Waals surface area (Å²) in [5.41, 5.74) is -1.11. The molecule has 2 aliphatic heterocycles. The highest BCUT2D eigenvalue weighted by molar-refractivity contribution is 5.85. The molecule has 0 aromatic heterocycles. The third-order valence-corrected chi connectivity index (χ3v) is 4.16. The molecule has 0 aliphatic carbocycles. The summed E-state index contributed by atoms with van der Waals surface area (Å²) in [6.45, 7) is 6.16. The molecule has 0 spiro atoms. The Bertz CT molecular complexity index is 350. The molecule has 0 saturated carbocycles. The van der Waals surface area contributed by atoms with Gasteiger partial charge >= 0.3 is 5.97 Å². The van der Waals surface area contributed by atoms with Gasteiger partial charge in [0.2, 0.25) is 5.91 Å². The van der Waals surface area contributed by atoms with Gasteiger partial charge in [0.05, 0.1) is 10.8 Å². The summed E-state index contributed by atoms with van der Waals surface area (Å²) < 4.78 is 0. The minimum absolute atomic E-state index is 0.104. The van der Waals surface area contributed by atoms with Crippen LogP contribution >= 0.6 is 0 Å². The molecule has 0 aromatic rings. The number of nitrogens with zero attached hydrogens (tertiary/aromatic N) is 1. The van der Waals surface area contributed by atoms with Crippen LogP contribution in [-0.4, -0.2) is 48.1 Å². The Morgan fingerprint density at radius 1 is 1.24 bits per heavy atom. The average Bonchev–Trinajstić information content (AvgIpc) is 2.86. The van der Waals surface area contributed by atoms with Crippen molar-refractivity contribution in [2.24, 2.45) is 10.8 Å². The van der Waals surface area contributed by atoms with Gasteiger partial charge in [0.1, 0.15) is 0 Å². The van der Waals surface area contributed by atoms with Crippen molar-refractivity contribution in [1.82, 2.24) is 10.2 Å². The van der Waals surface area contributed by atoms with Crippen molar-refractivity contribution in [2.45, 2.75) is 26.7 Å². The SMILES string of the molecule is CC1(C(=O)O)CCN(C(=O)C2(C)CCNC2)C1. The van der Waals surface area contributed by atoms with E-state index in [1.807, 2.05) is 6.92 Å². The second kappa shape index (κ2) is 3.98. The van der Waals surface area contributed by atoms with Crippen molar-refractivity contribution in [3.8, 4) is 0 Å². The minimum atomic E-state index is -0.803. The van der Waals surface area contributed by atoms with Gasteiger partial charge in [-0.2, -0.15) is 0 Å². The van der Waals surface area contributed by atoms with Crippen molar-refractivity contribution >= 4 is 11.9 Å². The number of hydrogen-bond acceptors (Lipinski definition) is 3. The first-order chi connectivity index (χ1) is 7.87. The molecular formula is C12H20N2O3. The third-order valence-electron chi connectivity index (χ3n) is 4.16. The summed E-state index contributed by atoms with van der Waals surface area (Å²) in [5.74, 6) is -0.699. The van der Waals surface area contributed by atoms with Gasteiger partial charge in [-0.3, -0.25) is 9.59 Å². The predicted molar refractivity (Wildman–Crippen MR) is 62.5 cm³/mol. The molecule has 2 fully saturated rings. The zero-order chi connectivity index (χ0) is 12.7. The van der Waals surface area contributed by atoms with E-state index >= 15 is 0 Å². The smallest absolute Gasteiger partial charge is 0.311 e. The fourth-order valence-corrected chi connectivity index (χ4v) is 2.69. The lowest BCUT2D eigenvalue weighted by Crippen LogP contribution is -2.44. The first-order valence-corrected chi connectivity index (χ1v) is 6.11. The summed E-state index contributed by atoms with van der Waals surface area (Å²) in [7, 11) is 0. The summed E-state index contributed by atoms with van der Waals surface area (Å²) in [5, 5.41) is 12.3. The first-order valence-electron chi connectivity index (χ1n) is 6.11. The van der Waals surface area contributed by atoms with E-state index in [1.54, 1.807) is 11.8 Å². The summed E-state index contributed by atoms with van der Waals surface area (Å²) in [6.07, 6.45) is 1.39. The highest BCUT2D eigenvalue weighted by Gasteiger charge is 2.47. The van der Waals surface area contributed by atoms with Crippen LogP contribution in [0.15, 0.2) is 0 Å². The lowest BCUT2D eigenvalue weighted by atomic mass is 9.87. The minimum Gasteiger partial charge on any atom is -0.481 e. The van der Waals surface area contributed by atoms with Crippen LogP contribution in [0.4, 0.5) is 0 Å². The van der Waals surface area contributed by atoms with Crippen LogP contribution in [0, 0.1) is 10.8 Å². The number of carbonyl (C=O) groups excluding carboxylic acids is 1. The Balaban J connectivity index is 2.06. The Kier molecular flexibility index (Phi) is 2.89. The molecule has 2 rings (SSSR count). The molecule has 2 N–H and O–H groups in total. The van der Waals surface area contributed by atoms with E-state index in [0.717, 1.165) is 13.0 Å². The van der Waals surface area contributed by atoms with E-state index in [0.29, 0.717) is 26.1 Å². The molecular weight excluding hydrogens is 220 g/mol. The maximum atomic E-state index is 12.4. The highest BCUT2D eigenvalue weighted by Crippen LogP contribution is 2.35. The fraction of sp³-hybridized carbons (Fsp3) is 0.833. The molecule has 2 saturated heterocycles. The quantitative estimate of drug-likeness (QED) is 0.729. The second-order valence-corrected chi connectivity index (χ2v) is 5.83. The Hall–Kier alpha value is -1.10. The van der Waals surface area contributed by atoms with Gasteiger partial charge in [-0.15, -0.1) is 0 Å².